The summed E-state index contributed by atoms with van der Waals surface area (Å²) in [6.45, 7) is 8.93. The minimum atomic E-state index is 0.181. The number of nitrogens with one attached hydrogen (secondary N) is 1. The first-order valence-corrected chi connectivity index (χ1v) is 8.45. The van der Waals surface area contributed by atoms with E-state index in [-0.39, 0.29) is 5.41 Å². The summed E-state index contributed by atoms with van der Waals surface area (Å²) in [7, 11) is 1.75. The lowest BCUT2D eigenvalue weighted by molar-refractivity contribution is 0.0954. The summed E-state index contributed by atoms with van der Waals surface area (Å²) >= 11 is 6.25. The molecule has 0 aliphatic heterocycles. The van der Waals surface area contributed by atoms with Crippen molar-refractivity contribution < 1.29 is 4.74 Å². The molecule has 0 spiro atoms. The molecule has 2 nitrogen and oxygen atoms in total. The second-order valence-electron chi connectivity index (χ2n) is 6.71. The van der Waals surface area contributed by atoms with Gasteiger partial charge in [0, 0.05) is 22.5 Å². The van der Waals surface area contributed by atoms with Gasteiger partial charge in [-0.25, -0.2) is 0 Å². The van der Waals surface area contributed by atoms with Gasteiger partial charge in [0.2, 0.25) is 0 Å². The molecule has 0 saturated heterocycles. The topological polar surface area (TPSA) is 21.3 Å². The van der Waals surface area contributed by atoms with E-state index in [2.05, 4.69) is 32.2 Å². The Labute approximate surface area is 134 Å². The Kier molecular flexibility index (Phi) is 5.56. The fourth-order valence-corrected chi connectivity index (χ4v) is 3.65. The smallest absolute Gasteiger partial charge is 0.122 e. The highest BCUT2D eigenvalue weighted by atomic mass is 35.5. The molecule has 3 heteroatoms. The van der Waals surface area contributed by atoms with Crippen LogP contribution in [0.1, 0.15) is 45.6 Å². The van der Waals surface area contributed by atoms with Crippen LogP contribution in [0.3, 0.4) is 0 Å². The quantitative estimate of drug-likeness (QED) is 0.740. The lowest BCUT2D eigenvalue weighted by Gasteiger charge is -2.50. The average molecular weight is 310 g/mol. The predicted octanol–water partition coefficient (Wildman–Crippen LogP) is 4.65. The van der Waals surface area contributed by atoms with Crippen molar-refractivity contribution in [3.63, 3.8) is 0 Å². The molecule has 1 aromatic rings. The van der Waals surface area contributed by atoms with E-state index in [0.29, 0.717) is 0 Å². The molecule has 1 fully saturated rings. The third-order valence-electron chi connectivity index (χ3n) is 4.87. The van der Waals surface area contributed by atoms with Crippen LogP contribution in [0.4, 0.5) is 0 Å². The molecule has 1 aromatic carbocycles. The van der Waals surface area contributed by atoms with Crippen LogP contribution in [0, 0.1) is 11.8 Å². The zero-order chi connectivity index (χ0) is 15.5. The van der Waals surface area contributed by atoms with Gasteiger partial charge < -0.3 is 10.1 Å². The van der Waals surface area contributed by atoms with Crippen molar-refractivity contribution in [3.8, 4) is 5.75 Å². The number of benzene rings is 1. The minimum Gasteiger partial charge on any atom is -0.496 e. The number of hydrogen-bond acceptors (Lipinski definition) is 2. The SMILES string of the molecule is CCCNCC1(c2cc(Cl)ccc2OC)CC(C(C)C)C1. The average Bonchev–Trinajstić information content (AvgIpc) is 2.41. The molecule has 0 aromatic heterocycles. The third-order valence-corrected chi connectivity index (χ3v) is 5.11. The lowest BCUT2D eigenvalue weighted by Crippen LogP contribution is -2.50. The van der Waals surface area contributed by atoms with Crippen molar-refractivity contribution in [1.82, 2.24) is 5.32 Å². The van der Waals surface area contributed by atoms with Crippen LogP contribution >= 0.6 is 11.6 Å². The molecule has 0 amide bonds. The maximum atomic E-state index is 6.25. The largest absolute Gasteiger partial charge is 0.496 e. The molecule has 1 aliphatic carbocycles. The van der Waals surface area contributed by atoms with Gasteiger partial charge in [0.15, 0.2) is 0 Å². The van der Waals surface area contributed by atoms with E-state index in [9.17, 15) is 0 Å². The summed E-state index contributed by atoms with van der Waals surface area (Å²) in [5, 5.41) is 4.41. The first-order valence-electron chi connectivity index (χ1n) is 8.07. The van der Waals surface area contributed by atoms with E-state index in [4.69, 9.17) is 16.3 Å². The molecule has 1 N–H and O–H groups in total. The maximum absolute atomic E-state index is 6.25. The highest BCUT2D eigenvalue weighted by molar-refractivity contribution is 6.30. The van der Waals surface area contributed by atoms with Crippen LogP contribution in [0.5, 0.6) is 5.75 Å². The van der Waals surface area contributed by atoms with Gasteiger partial charge in [-0.3, -0.25) is 0 Å². The van der Waals surface area contributed by atoms with Gasteiger partial charge in [-0.05, 0) is 55.8 Å². The van der Waals surface area contributed by atoms with Crippen LogP contribution in [0.25, 0.3) is 0 Å². The van der Waals surface area contributed by atoms with Crippen LogP contribution in [-0.2, 0) is 5.41 Å². The lowest BCUT2D eigenvalue weighted by atomic mass is 9.55. The molecule has 1 saturated carbocycles. The molecule has 21 heavy (non-hydrogen) atoms. The Morgan fingerprint density at radius 2 is 2.10 bits per heavy atom. The van der Waals surface area contributed by atoms with Crippen LogP contribution < -0.4 is 10.1 Å². The highest BCUT2D eigenvalue weighted by Gasteiger charge is 2.47. The molecule has 0 atom stereocenters. The zero-order valence-corrected chi connectivity index (χ0v) is 14.5. The van der Waals surface area contributed by atoms with Gasteiger partial charge in [0.05, 0.1) is 7.11 Å². The van der Waals surface area contributed by atoms with E-state index < -0.39 is 0 Å². The van der Waals surface area contributed by atoms with E-state index in [1.54, 1.807) is 7.11 Å². The van der Waals surface area contributed by atoms with Gasteiger partial charge in [0.25, 0.3) is 0 Å². The molecule has 0 bridgehead atoms. The first-order chi connectivity index (χ1) is 10.0. The molecular formula is C18H28ClNO. The molecule has 0 radical (unpaired) electrons. The second-order valence-corrected chi connectivity index (χ2v) is 7.15. The number of ether oxygens (including phenoxy) is 1. The van der Waals surface area contributed by atoms with Crippen LogP contribution in [-0.4, -0.2) is 20.2 Å². The summed E-state index contributed by atoms with van der Waals surface area (Å²) in [6, 6.07) is 6.02. The monoisotopic (exact) mass is 309 g/mol. The highest BCUT2D eigenvalue weighted by Crippen LogP contribution is 2.53. The predicted molar refractivity (Wildman–Crippen MR) is 90.4 cm³/mol. The van der Waals surface area contributed by atoms with Gasteiger partial charge >= 0.3 is 0 Å². The third kappa shape index (κ3) is 3.54. The minimum absolute atomic E-state index is 0.181. The Morgan fingerprint density at radius 1 is 1.38 bits per heavy atom. The number of methoxy groups -OCH3 is 1. The van der Waals surface area contributed by atoms with Crippen LogP contribution in [0.15, 0.2) is 18.2 Å². The van der Waals surface area contributed by atoms with Crippen molar-refractivity contribution in [2.45, 2.75) is 45.4 Å². The molecule has 118 valence electrons. The number of rotatable bonds is 7. The van der Waals surface area contributed by atoms with Crippen molar-refractivity contribution in [1.29, 1.82) is 0 Å². The van der Waals surface area contributed by atoms with Crippen molar-refractivity contribution in [3.05, 3.63) is 28.8 Å². The van der Waals surface area contributed by atoms with Crippen molar-refractivity contribution in [2.24, 2.45) is 11.8 Å². The Balaban J connectivity index is 2.26. The molecule has 0 heterocycles. The fraction of sp³-hybridized carbons (Fsp3) is 0.667. The maximum Gasteiger partial charge on any atom is 0.122 e. The summed E-state index contributed by atoms with van der Waals surface area (Å²) in [5.41, 5.74) is 1.46. The summed E-state index contributed by atoms with van der Waals surface area (Å²) in [4.78, 5) is 0. The van der Waals surface area contributed by atoms with E-state index in [1.807, 2.05) is 12.1 Å². The van der Waals surface area contributed by atoms with Crippen molar-refractivity contribution in [2.75, 3.05) is 20.2 Å². The Hall–Kier alpha value is -0.730. The summed E-state index contributed by atoms with van der Waals surface area (Å²) < 4.78 is 5.60. The van der Waals surface area contributed by atoms with Crippen LogP contribution in [0.2, 0.25) is 5.02 Å². The normalized spacial score (nSPS) is 25.0. The molecule has 1 aliphatic rings. The Morgan fingerprint density at radius 3 is 2.67 bits per heavy atom. The summed E-state index contributed by atoms with van der Waals surface area (Å²) in [6.07, 6.45) is 3.60. The summed E-state index contributed by atoms with van der Waals surface area (Å²) in [5.74, 6) is 2.52. The van der Waals surface area contributed by atoms with E-state index in [0.717, 1.165) is 42.1 Å². The van der Waals surface area contributed by atoms with Gasteiger partial charge in [-0.2, -0.15) is 0 Å². The Bertz CT molecular complexity index is 466. The number of halogens is 1. The molecular weight excluding hydrogens is 282 g/mol. The van der Waals surface area contributed by atoms with E-state index in [1.165, 1.54) is 18.4 Å². The fourth-order valence-electron chi connectivity index (χ4n) is 3.47. The molecule has 0 unspecified atom stereocenters. The number of hydrogen-bond donors (Lipinski definition) is 1. The second kappa shape index (κ2) is 7.02. The van der Waals surface area contributed by atoms with E-state index >= 15 is 0 Å². The standard InChI is InChI=1S/C18H28ClNO/c1-5-8-20-12-18(10-14(11-18)13(2)3)16-9-15(19)6-7-17(16)21-4/h6-7,9,13-14,20H,5,8,10-12H2,1-4H3. The van der Waals surface area contributed by atoms with Gasteiger partial charge in [0.1, 0.15) is 5.75 Å². The van der Waals surface area contributed by atoms with Gasteiger partial charge in [-0.1, -0.05) is 32.4 Å². The first kappa shape index (κ1) is 16.6. The van der Waals surface area contributed by atoms with Crippen molar-refractivity contribution >= 4 is 11.6 Å². The molecule has 2 rings (SSSR count). The zero-order valence-electron chi connectivity index (χ0n) is 13.7. The van der Waals surface area contributed by atoms with Gasteiger partial charge in [-0.15, -0.1) is 0 Å².